The number of hydrogen-bond acceptors (Lipinski definition) is 3. The number of H-pyrrole nitrogens is 1. The summed E-state index contributed by atoms with van der Waals surface area (Å²) in [6.45, 7) is 2.67. The molecule has 0 bridgehead atoms. The van der Waals surface area contributed by atoms with Gasteiger partial charge in [-0.15, -0.1) is 12.4 Å². The maximum Gasteiger partial charge on any atom is 0.271 e. The van der Waals surface area contributed by atoms with Gasteiger partial charge in [0.1, 0.15) is 11.5 Å². The first-order valence-electron chi connectivity index (χ1n) is 9.03. The third-order valence-corrected chi connectivity index (χ3v) is 5.12. The van der Waals surface area contributed by atoms with E-state index in [9.17, 15) is 9.18 Å². The molecule has 1 saturated heterocycles. The van der Waals surface area contributed by atoms with Gasteiger partial charge in [0.2, 0.25) is 0 Å². The van der Waals surface area contributed by atoms with Gasteiger partial charge in [-0.3, -0.25) is 9.89 Å². The number of hydrogen-bond donors (Lipinski definition) is 2. The van der Waals surface area contributed by atoms with Crippen molar-refractivity contribution in [2.75, 3.05) is 19.6 Å². The summed E-state index contributed by atoms with van der Waals surface area (Å²) in [5.74, 6) is 0.588. The number of carbonyl (C=O) groups is 1. The van der Waals surface area contributed by atoms with Crippen molar-refractivity contribution in [3.63, 3.8) is 0 Å². The van der Waals surface area contributed by atoms with E-state index in [2.05, 4.69) is 15.5 Å². The molecule has 1 aromatic heterocycles. The molecule has 0 spiro atoms. The van der Waals surface area contributed by atoms with Crippen LogP contribution in [0.2, 0.25) is 0 Å². The van der Waals surface area contributed by atoms with Crippen LogP contribution in [-0.4, -0.2) is 46.7 Å². The second-order valence-electron chi connectivity index (χ2n) is 7.09. The fourth-order valence-electron chi connectivity index (χ4n) is 3.31. The highest BCUT2D eigenvalue weighted by atomic mass is 35.5. The second kappa shape index (κ2) is 8.18. The lowest BCUT2D eigenvalue weighted by Gasteiger charge is -2.32. The molecule has 5 nitrogen and oxygen atoms in total. The van der Waals surface area contributed by atoms with Crippen molar-refractivity contribution in [2.45, 2.75) is 31.7 Å². The Hall–Kier alpha value is -1.92. The van der Waals surface area contributed by atoms with Gasteiger partial charge < -0.3 is 10.2 Å². The third-order valence-electron chi connectivity index (χ3n) is 5.12. The molecule has 0 unspecified atom stereocenters. The Bertz CT molecular complexity index is 736. The van der Waals surface area contributed by atoms with Gasteiger partial charge >= 0.3 is 0 Å². The Kier molecular flexibility index (Phi) is 5.94. The van der Waals surface area contributed by atoms with Crippen molar-refractivity contribution in [1.82, 2.24) is 20.4 Å². The number of halogens is 2. The van der Waals surface area contributed by atoms with E-state index >= 15 is 0 Å². The van der Waals surface area contributed by atoms with Crippen molar-refractivity contribution in [3.05, 3.63) is 41.8 Å². The molecule has 1 aliphatic heterocycles. The summed E-state index contributed by atoms with van der Waals surface area (Å²) in [7, 11) is 0. The van der Waals surface area contributed by atoms with Crippen LogP contribution in [0.4, 0.5) is 4.39 Å². The number of aromatic nitrogens is 2. The lowest BCUT2D eigenvalue weighted by atomic mass is 10.0. The van der Waals surface area contributed by atoms with E-state index in [1.165, 1.54) is 25.0 Å². The van der Waals surface area contributed by atoms with E-state index in [0.717, 1.165) is 44.0 Å². The summed E-state index contributed by atoms with van der Waals surface area (Å²) >= 11 is 0. The molecule has 1 aliphatic carbocycles. The van der Waals surface area contributed by atoms with Crippen molar-refractivity contribution < 1.29 is 9.18 Å². The highest BCUT2D eigenvalue weighted by Gasteiger charge is 2.27. The molecule has 1 aromatic carbocycles. The number of rotatable bonds is 5. The summed E-state index contributed by atoms with van der Waals surface area (Å²) in [6, 6.07) is 8.39. The second-order valence-corrected chi connectivity index (χ2v) is 7.09. The summed E-state index contributed by atoms with van der Waals surface area (Å²) in [5, 5.41) is 10.6. The molecule has 2 heterocycles. The summed E-state index contributed by atoms with van der Waals surface area (Å²) in [5.41, 5.74) is 1.94. The number of likely N-dealkylation sites (tertiary alicyclic amines) is 1. The van der Waals surface area contributed by atoms with Gasteiger partial charge in [-0.25, -0.2) is 4.39 Å². The lowest BCUT2D eigenvalue weighted by molar-refractivity contribution is 0.0699. The van der Waals surface area contributed by atoms with Crippen LogP contribution in [0.3, 0.4) is 0 Å². The first-order chi connectivity index (χ1) is 12.2. The van der Waals surface area contributed by atoms with E-state index in [1.807, 2.05) is 4.90 Å². The van der Waals surface area contributed by atoms with Crippen LogP contribution in [-0.2, 0) is 0 Å². The van der Waals surface area contributed by atoms with Crippen molar-refractivity contribution in [1.29, 1.82) is 0 Å². The highest BCUT2D eigenvalue weighted by molar-refractivity contribution is 5.93. The number of aromatic amines is 1. The van der Waals surface area contributed by atoms with E-state index in [4.69, 9.17) is 0 Å². The zero-order chi connectivity index (χ0) is 17.2. The fourth-order valence-corrected chi connectivity index (χ4v) is 3.31. The summed E-state index contributed by atoms with van der Waals surface area (Å²) < 4.78 is 13.0. The van der Waals surface area contributed by atoms with E-state index < -0.39 is 0 Å². The van der Waals surface area contributed by atoms with E-state index in [1.54, 1.807) is 18.2 Å². The van der Waals surface area contributed by atoms with E-state index in [-0.39, 0.29) is 24.1 Å². The monoisotopic (exact) mass is 378 g/mol. The van der Waals surface area contributed by atoms with Crippen LogP contribution < -0.4 is 5.32 Å². The van der Waals surface area contributed by atoms with Gasteiger partial charge in [0.25, 0.3) is 5.91 Å². The van der Waals surface area contributed by atoms with Crippen molar-refractivity contribution >= 4 is 18.3 Å². The van der Waals surface area contributed by atoms with Crippen LogP contribution in [0.1, 0.15) is 36.2 Å². The van der Waals surface area contributed by atoms with Crippen LogP contribution in [0.25, 0.3) is 11.3 Å². The normalized spacial score (nSPS) is 17.8. The Morgan fingerprint density at radius 1 is 1.19 bits per heavy atom. The number of carbonyl (C=O) groups excluding carboxylic acids is 1. The number of nitrogens with zero attached hydrogens (tertiary/aromatic N) is 2. The highest BCUT2D eigenvalue weighted by Crippen LogP contribution is 2.28. The molecule has 0 radical (unpaired) electrons. The summed E-state index contributed by atoms with van der Waals surface area (Å²) in [4.78, 5) is 14.5. The van der Waals surface area contributed by atoms with Gasteiger partial charge in [-0.1, -0.05) is 0 Å². The number of benzene rings is 1. The molecule has 4 rings (SSSR count). The average molecular weight is 379 g/mol. The standard InChI is InChI=1S/C19H23FN4O.ClH/c20-15-5-3-14(4-6-15)17-11-18(23-22-17)19(25)24-9-7-16(8-10-24)21-12-13-1-2-13;/h3-6,11,13,16,21H,1-2,7-10,12H2,(H,22,23);1H. The molecule has 2 aromatic rings. The molecule has 140 valence electrons. The van der Waals surface area contributed by atoms with Crippen molar-refractivity contribution in [3.8, 4) is 11.3 Å². The van der Waals surface area contributed by atoms with Crippen LogP contribution in [0.15, 0.2) is 30.3 Å². The molecule has 2 N–H and O–H groups in total. The SMILES string of the molecule is Cl.O=C(c1cc(-c2ccc(F)cc2)n[nH]1)N1CCC(NCC2CC2)CC1. The zero-order valence-electron chi connectivity index (χ0n) is 14.6. The molecular formula is C19H24ClFN4O. The molecule has 7 heteroatoms. The van der Waals surface area contributed by atoms with Gasteiger partial charge in [0.15, 0.2) is 0 Å². The molecule has 0 atom stereocenters. The van der Waals surface area contributed by atoms with Crippen LogP contribution in [0.5, 0.6) is 0 Å². The maximum absolute atomic E-state index is 13.0. The number of piperidine rings is 1. The first kappa shape index (κ1) is 18.9. The van der Waals surface area contributed by atoms with E-state index in [0.29, 0.717) is 17.4 Å². The molecule has 26 heavy (non-hydrogen) atoms. The average Bonchev–Trinajstić information content (AvgIpc) is 3.35. The topological polar surface area (TPSA) is 61.0 Å². The van der Waals surface area contributed by atoms with Crippen molar-refractivity contribution in [2.24, 2.45) is 5.92 Å². The minimum atomic E-state index is -0.284. The Morgan fingerprint density at radius 3 is 2.54 bits per heavy atom. The van der Waals surface area contributed by atoms with Crippen LogP contribution in [0, 0.1) is 11.7 Å². The predicted octanol–water partition coefficient (Wildman–Crippen LogP) is 3.24. The zero-order valence-corrected chi connectivity index (χ0v) is 15.4. The van der Waals surface area contributed by atoms with Gasteiger partial charge in [-0.05, 0) is 68.5 Å². The fraction of sp³-hybridized carbons (Fsp3) is 0.474. The molecule has 2 fully saturated rings. The third kappa shape index (κ3) is 4.43. The van der Waals surface area contributed by atoms with Crippen LogP contribution >= 0.6 is 12.4 Å². The van der Waals surface area contributed by atoms with Gasteiger partial charge in [0, 0.05) is 24.7 Å². The first-order valence-corrected chi connectivity index (χ1v) is 9.03. The van der Waals surface area contributed by atoms with Gasteiger partial charge in [-0.2, -0.15) is 5.10 Å². The number of amides is 1. The summed E-state index contributed by atoms with van der Waals surface area (Å²) in [6.07, 6.45) is 4.72. The van der Waals surface area contributed by atoms with Gasteiger partial charge in [0.05, 0.1) is 5.69 Å². The molecular weight excluding hydrogens is 355 g/mol. The Morgan fingerprint density at radius 2 is 1.88 bits per heavy atom. The maximum atomic E-state index is 13.0. The Labute approximate surface area is 158 Å². The molecule has 1 saturated carbocycles. The smallest absolute Gasteiger partial charge is 0.271 e. The Balaban J connectivity index is 0.00000196. The molecule has 1 amide bonds. The predicted molar refractivity (Wildman–Crippen MR) is 101 cm³/mol. The largest absolute Gasteiger partial charge is 0.337 e. The minimum Gasteiger partial charge on any atom is -0.337 e. The molecule has 2 aliphatic rings. The number of nitrogens with one attached hydrogen (secondary N) is 2. The lowest BCUT2D eigenvalue weighted by Crippen LogP contribution is -2.45. The quantitative estimate of drug-likeness (QED) is 0.839. The minimum absolute atomic E-state index is 0.